The zero-order valence-electron chi connectivity index (χ0n) is 11.1. The van der Waals surface area contributed by atoms with E-state index in [0.717, 1.165) is 12.1 Å². The summed E-state index contributed by atoms with van der Waals surface area (Å²) >= 11 is 0. The van der Waals surface area contributed by atoms with E-state index in [1.54, 1.807) is 0 Å². The van der Waals surface area contributed by atoms with Gasteiger partial charge in [0.15, 0.2) is 11.5 Å². The van der Waals surface area contributed by atoms with Gasteiger partial charge in [-0.1, -0.05) is 6.07 Å². The van der Waals surface area contributed by atoms with Crippen LogP contribution in [0.3, 0.4) is 0 Å². The molecule has 0 spiro atoms. The van der Waals surface area contributed by atoms with Crippen molar-refractivity contribution < 1.29 is 36.9 Å². The van der Waals surface area contributed by atoms with Crippen LogP contribution in [-0.2, 0) is 11.2 Å². The Labute approximate surface area is 117 Å². The molecule has 0 radical (unpaired) electrons. The highest BCUT2D eigenvalue weighted by Gasteiger charge is 2.65. The molecule has 1 heterocycles. The van der Waals surface area contributed by atoms with Gasteiger partial charge in [0.1, 0.15) is 0 Å². The number of aliphatic carboxylic acids is 1. The molecule has 21 heavy (non-hydrogen) atoms. The molecule has 1 aliphatic heterocycles. The summed E-state index contributed by atoms with van der Waals surface area (Å²) in [6.07, 6.45) is -9.54. The smallest absolute Gasteiger partial charge is 0.481 e. The van der Waals surface area contributed by atoms with E-state index in [-0.39, 0.29) is 6.42 Å². The number of carboxylic acid groups (broad SMARTS) is 1. The summed E-state index contributed by atoms with van der Waals surface area (Å²) in [5.74, 6) is -2.15. The van der Waals surface area contributed by atoms with Crippen molar-refractivity contribution >= 4 is 5.97 Å². The van der Waals surface area contributed by atoms with E-state index < -0.39 is 35.1 Å². The molecule has 1 aromatic carbocycles. The predicted molar refractivity (Wildman–Crippen MR) is 62.7 cm³/mol. The number of hydrogen-bond acceptors (Lipinski definition) is 3. The molecule has 0 saturated heterocycles. The van der Waals surface area contributed by atoms with Crippen LogP contribution < -0.4 is 9.47 Å². The molecule has 1 N–H and O–H groups in total. The number of halogens is 4. The van der Waals surface area contributed by atoms with Gasteiger partial charge in [0, 0.05) is 0 Å². The van der Waals surface area contributed by atoms with Gasteiger partial charge in [-0.25, -0.2) is 0 Å². The number of hydrogen-bond donors (Lipinski definition) is 1. The lowest BCUT2D eigenvalue weighted by atomic mass is 9.86. The fourth-order valence-corrected chi connectivity index (χ4v) is 1.81. The van der Waals surface area contributed by atoms with Crippen LogP contribution in [0, 0.1) is 5.41 Å². The summed E-state index contributed by atoms with van der Waals surface area (Å²) in [5, 5.41) is 9.02. The van der Waals surface area contributed by atoms with Crippen molar-refractivity contribution in [3.05, 3.63) is 23.8 Å². The third kappa shape index (κ3) is 2.74. The minimum atomic E-state index is -4.79. The Kier molecular flexibility index (Phi) is 3.30. The van der Waals surface area contributed by atoms with Crippen LogP contribution in [0.25, 0.3) is 0 Å². The standard InChI is InChI=1S/C13H12F4O4/c1-11(2,10(18)19)6-7-3-4-8-9(5-7)21-13(16,17)12(14,15)20-8/h3-5H,6H2,1-2H3,(H,18,19). The average molecular weight is 308 g/mol. The number of ether oxygens (including phenoxy) is 2. The molecule has 1 aromatic rings. The number of alkyl halides is 4. The highest BCUT2D eigenvalue weighted by Crippen LogP contribution is 2.47. The van der Waals surface area contributed by atoms with Crippen LogP contribution in [-0.4, -0.2) is 23.3 Å². The number of carbonyl (C=O) groups is 1. The molecule has 0 atom stereocenters. The summed E-state index contributed by atoms with van der Waals surface area (Å²) in [6.45, 7) is 2.91. The Hall–Kier alpha value is -1.99. The number of benzene rings is 1. The Balaban J connectivity index is 2.32. The zero-order valence-corrected chi connectivity index (χ0v) is 11.1. The lowest BCUT2D eigenvalue weighted by molar-refractivity contribution is -0.391. The molecule has 0 bridgehead atoms. The molecule has 2 rings (SSSR count). The second-order valence-corrected chi connectivity index (χ2v) is 5.38. The van der Waals surface area contributed by atoms with Gasteiger partial charge < -0.3 is 14.6 Å². The molecule has 4 nitrogen and oxygen atoms in total. The molecule has 0 aromatic heterocycles. The maximum atomic E-state index is 13.1. The van der Waals surface area contributed by atoms with Gasteiger partial charge >= 0.3 is 18.2 Å². The van der Waals surface area contributed by atoms with Crippen LogP contribution in [0.15, 0.2) is 18.2 Å². The SMILES string of the molecule is CC(C)(Cc1ccc2c(c1)OC(F)(F)C(F)(F)O2)C(=O)O. The van der Waals surface area contributed by atoms with Crippen molar-refractivity contribution in [1.82, 2.24) is 0 Å². The quantitative estimate of drug-likeness (QED) is 0.871. The molecule has 0 fully saturated rings. The molecular weight excluding hydrogens is 296 g/mol. The highest BCUT2D eigenvalue weighted by atomic mass is 19.3. The summed E-state index contributed by atoms with van der Waals surface area (Å²) < 4.78 is 60.0. The molecule has 0 aliphatic carbocycles. The van der Waals surface area contributed by atoms with Crippen molar-refractivity contribution in [3.8, 4) is 11.5 Å². The van der Waals surface area contributed by atoms with Gasteiger partial charge in [0.25, 0.3) is 0 Å². The molecule has 0 amide bonds. The Morgan fingerprint density at radius 1 is 1.14 bits per heavy atom. The lowest BCUT2D eigenvalue weighted by Crippen LogP contribution is -2.52. The summed E-state index contributed by atoms with van der Waals surface area (Å²) in [6, 6.07) is 3.45. The van der Waals surface area contributed by atoms with E-state index >= 15 is 0 Å². The average Bonchev–Trinajstić information content (AvgIpc) is 2.29. The van der Waals surface area contributed by atoms with Crippen molar-refractivity contribution in [2.45, 2.75) is 32.5 Å². The van der Waals surface area contributed by atoms with E-state index in [1.165, 1.54) is 19.9 Å². The molecule has 116 valence electrons. The van der Waals surface area contributed by atoms with Crippen LogP contribution >= 0.6 is 0 Å². The van der Waals surface area contributed by atoms with Crippen LogP contribution in [0.4, 0.5) is 17.6 Å². The highest BCUT2D eigenvalue weighted by molar-refractivity contribution is 5.74. The fraction of sp³-hybridized carbons (Fsp3) is 0.462. The van der Waals surface area contributed by atoms with E-state index in [9.17, 15) is 22.4 Å². The minimum Gasteiger partial charge on any atom is -0.481 e. The van der Waals surface area contributed by atoms with Crippen molar-refractivity contribution in [2.75, 3.05) is 0 Å². The van der Waals surface area contributed by atoms with E-state index in [0.29, 0.717) is 5.56 Å². The molecule has 1 aliphatic rings. The van der Waals surface area contributed by atoms with Gasteiger partial charge in [-0.3, -0.25) is 4.79 Å². The normalized spacial score (nSPS) is 19.1. The van der Waals surface area contributed by atoms with Gasteiger partial charge in [-0.05, 0) is 38.0 Å². The molecular formula is C13H12F4O4. The Morgan fingerprint density at radius 2 is 1.67 bits per heavy atom. The van der Waals surface area contributed by atoms with Crippen LogP contribution in [0.5, 0.6) is 11.5 Å². The second-order valence-electron chi connectivity index (χ2n) is 5.38. The third-order valence-corrected chi connectivity index (χ3v) is 3.05. The fourth-order valence-electron chi connectivity index (χ4n) is 1.81. The van der Waals surface area contributed by atoms with Crippen molar-refractivity contribution in [2.24, 2.45) is 5.41 Å². The summed E-state index contributed by atoms with van der Waals surface area (Å²) in [5.41, 5.74) is -0.790. The van der Waals surface area contributed by atoms with Gasteiger partial charge in [-0.15, -0.1) is 0 Å². The van der Waals surface area contributed by atoms with Crippen molar-refractivity contribution in [3.63, 3.8) is 0 Å². The maximum absolute atomic E-state index is 13.1. The monoisotopic (exact) mass is 308 g/mol. The Bertz CT molecular complexity index is 584. The topological polar surface area (TPSA) is 55.8 Å². The third-order valence-electron chi connectivity index (χ3n) is 3.05. The largest absolute Gasteiger partial charge is 0.507 e. The van der Waals surface area contributed by atoms with Gasteiger partial charge in [0.2, 0.25) is 0 Å². The minimum absolute atomic E-state index is 0.0148. The number of carboxylic acids is 1. The molecule has 8 heteroatoms. The zero-order chi connectivity index (χ0) is 16.1. The number of fused-ring (bicyclic) bond motifs is 1. The van der Waals surface area contributed by atoms with Crippen LogP contribution in [0.2, 0.25) is 0 Å². The van der Waals surface area contributed by atoms with E-state index in [2.05, 4.69) is 9.47 Å². The second kappa shape index (κ2) is 4.51. The first-order valence-electron chi connectivity index (χ1n) is 5.95. The number of rotatable bonds is 3. The van der Waals surface area contributed by atoms with E-state index in [4.69, 9.17) is 5.11 Å². The maximum Gasteiger partial charge on any atom is 0.507 e. The molecule has 0 saturated carbocycles. The van der Waals surface area contributed by atoms with E-state index in [1.807, 2.05) is 0 Å². The van der Waals surface area contributed by atoms with Gasteiger partial charge in [0.05, 0.1) is 5.41 Å². The van der Waals surface area contributed by atoms with Crippen molar-refractivity contribution in [1.29, 1.82) is 0 Å². The first-order valence-corrected chi connectivity index (χ1v) is 5.95. The molecule has 0 unspecified atom stereocenters. The first kappa shape index (κ1) is 15.4. The lowest BCUT2D eigenvalue weighted by Gasteiger charge is -2.32. The summed E-state index contributed by atoms with van der Waals surface area (Å²) in [7, 11) is 0. The van der Waals surface area contributed by atoms with Gasteiger partial charge in [-0.2, -0.15) is 17.6 Å². The first-order chi connectivity index (χ1) is 9.45. The summed E-state index contributed by atoms with van der Waals surface area (Å²) in [4.78, 5) is 11.0. The predicted octanol–water partition coefficient (Wildman–Crippen LogP) is 3.30. The Morgan fingerprint density at radius 3 is 2.19 bits per heavy atom. The van der Waals surface area contributed by atoms with Crippen LogP contribution in [0.1, 0.15) is 19.4 Å².